The van der Waals surface area contributed by atoms with E-state index in [4.69, 9.17) is 0 Å². The quantitative estimate of drug-likeness (QED) is 0.632. The molecule has 0 spiro atoms. The van der Waals surface area contributed by atoms with Gasteiger partial charge in [0.25, 0.3) is 0 Å². The van der Waals surface area contributed by atoms with Crippen LogP contribution in [-0.4, -0.2) is 32.3 Å². The summed E-state index contributed by atoms with van der Waals surface area (Å²) in [6.07, 6.45) is 3.41. The Morgan fingerprint density at radius 3 is 2.81 bits per heavy atom. The SMILES string of the molecule is CSC(C)(C)CNc1nn(C)cc1[N+](=O)[O-]. The normalized spacial score (nSPS) is 11.5. The standard InChI is InChI=1S/C9H16N4O2S/c1-9(2,16-4)6-10-8-7(13(14)15)5-12(3)11-8/h5H,6H2,1-4H3,(H,10,11). The zero-order valence-electron chi connectivity index (χ0n) is 9.85. The summed E-state index contributed by atoms with van der Waals surface area (Å²) < 4.78 is 1.46. The number of hydrogen-bond acceptors (Lipinski definition) is 5. The molecule has 0 atom stereocenters. The van der Waals surface area contributed by atoms with Crippen LogP contribution in [0.4, 0.5) is 11.5 Å². The molecule has 1 aromatic heterocycles. The molecule has 0 aliphatic rings. The highest BCUT2D eigenvalue weighted by Gasteiger charge is 2.21. The van der Waals surface area contributed by atoms with Crippen molar-refractivity contribution in [2.24, 2.45) is 7.05 Å². The van der Waals surface area contributed by atoms with Gasteiger partial charge in [0.05, 0.1) is 4.92 Å². The molecule has 1 heterocycles. The summed E-state index contributed by atoms with van der Waals surface area (Å²) in [4.78, 5) is 10.3. The van der Waals surface area contributed by atoms with Crippen molar-refractivity contribution in [3.8, 4) is 0 Å². The average molecular weight is 244 g/mol. The largest absolute Gasteiger partial charge is 0.361 e. The molecule has 16 heavy (non-hydrogen) atoms. The molecule has 0 aliphatic heterocycles. The van der Waals surface area contributed by atoms with Gasteiger partial charge in [0.1, 0.15) is 6.20 Å². The minimum Gasteiger partial charge on any atom is -0.361 e. The number of anilines is 1. The minimum atomic E-state index is -0.429. The molecule has 90 valence electrons. The first-order valence-electron chi connectivity index (χ1n) is 4.83. The summed E-state index contributed by atoms with van der Waals surface area (Å²) in [5, 5.41) is 17.8. The van der Waals surface area contributed by atoms with E-state index >= 15 is 0 Å². The Kier molecular flexibility index (Phi) is 3.79. The predicted molar refractivity (Wildman–Crippen MR) is 65.9 cm³/mol. The van der Waals surface area contributed by atoms with Gasteiger partial charge in [0.2, 0.25) is 5.82 Å². The maximum Gasteiger partial charge on any atom is 0.330 e. The number of nitrogens with zero attached hydrogens (tertiary/aromatic N) is 3. The number of aryl methyl sites for hydroxylation is 1. The molecule has 0 bridgehead atoms. The first-order valence-corrected chi connectivity index (χ1v) is 6.05. The second-order valence-electron chi connectivity index (χ2n) is 4.11. The number of aromatic nitrogens is 2. The molecular weight excluding hydrogens is 228 g/mol. The van der Waals surface area contributed by atoms with Gasteiger partial charge in [-0.05, 0) is 20.1 Å². The Balaban J connectivity index is 2.77. The monoisotopic (exact) mass is 244 g/mol. The third kappa shape index (κ3) is 3.13. The Bertz CT molecular complexity index is 389. The summed E-state index contributed by atoms with van der Waals surface area (Å²) >= 11 is 1.70. The third-order valence-electron chi connectivity index (χ3n) is 2.24. The summed E-state index contributed by atoms with van der Waals surface area (Å²) in [6, 6.07) is 0. The van der Waals surface area contributed by atoms with E-state index in [-0.39, 0.29) is 10.4 Å². The first-order chi connectivity index (χ1) is 7.35. The number of thioether (sulfide) groups is 1. The van der Waals surface area contributed by atoms with Gasteiger partial charge in [-0.15, -0.1) is 5.10 Å². The number of nitro groups is 1. The molecule has 0 aliphatic carbocycles. The molecule has 6 nitrogen and oxygen atoms in total. The molecule has 1 aromatic rings. The van der Waals surface area contributed by atoms with E-state index < -0.39 is 4.92 Å². The van der Waals surface area contributed by atoms with E-state index in [2.05, 4.69) is 24.3 Å². The second-order valence-corrected chi connectivity index (χ2v) is 5.62. The highest BCUT2D eigenvalue weighted by Crippen LogP contribution is 2.25. The number of hydrogen-bond donors (Lipinski definition) is 1. The van der Waals surface area contributed by atoms with Crippen LogP contribution in [0.25, 0.3) is 0 Å². The van der Waals surface area contributed by atoms with Crippen LogP contribution in [0, 0.1) is 10.1 Å². The van der Waals surface area contributed by atoms with Crippen LogP contribution in [0.15, 0.2) is 6.20 Å². The minimum absolute atomic E-state index is 0.0133. The van der Waals surface area contributed by atoms with Crippen molar-refractivity contribution in [3.63, 3.8) is 0 Å². The van der Waals surface area contributed by atoms with Crippen LogP contribution >= 0.6 is 11.8 Å². The summed E-state index contributed by atoms with van der Waals surface area (Å²) in [5.74, 6) is 0.328. The lowest BCUT2D eigenvalue weighted by molar-refractivity contribution is -0.384. The van der Waals surface area contributed by atoms with Crippen LogP contribution < -0.4 is 5.32 Å². The molecule has 0 saturated heterocycles. The third-order valence-corrected chi connectivity index (χ3v) is 3.49. The first kappa shape index (κ1) is 12.8. The van der Waals surface area contributed by atoms with Crippen LogP contribution in [0.1, 0.15) is 13.8 Å². The van der Waals surface area contributed by atoms with Crippen molar-refractivity contribution in [3.05, 3.63) is 16.3 Å². The van der Waals surface area contributed by atoms with Gasteiger partial charge in [-0.1, -0.05) is 0 Å². The fraction of sp³-hybridized carbons (Fsp3) is 0.667. The Hall–Kier alpha value is -1.24. The lowest BCUT2D eigenvalue weighted by Gasteiger charge is -2.21. The Morgan fingerprint density at radius 2 is 2.31 bits per heavy atom. The zero-order chi connectivity index (χ0) is 12.3. The van der Waals surface area contributed by atoms with Crippen LogP contribution in [0.3, 0.4) is 0 Å². The van der Waals surface area contributed by atoms with Crippen molar-refractivity contribution in [2.45, 2.75) is 18.6 Å². The van der Waals surface area contributed by atoms with Crippen LogP contribution in [0.5, 0.6) is 0 Å². The van der Waals surface area contributed by atoms with Gasteiger partial charge in [-0.2, -0.15) is 11.8 Å². The molecule has 0 fully saturated rings. The highest BCUT2D eigenvalue weighted by molar-refractivity contribution is 7.99. The maximum atomic E-state index is 10.7. The van der Waals surface area contributed by atoms with Crippen molar-refractivity contribution in [2.75, 3.05) is 18.1 Å². The van der Waals surface area contributed by atoms with E-state index in [1.807, 2.05) is 6.26 Å². The highest BCUT2D eigenvalue weighted by atomic mass is 32.2. The van der Waals surface area contributed by atoms with Crippen molar-refractivity contribution in [1.29, 1.82) is 0 Å². The van der Waals surface area contributed by atoms with Gasteiger partial charge in [-0.3, -0.25) is 14.8 Å². The topological polar surface area (TPSA) is 73.0 Å². The second kappa shape index (κ2) is 4.73. The lowest BCUT2D eigenvalue weighted by atomic mass is 10.2. The van der Waals surface area contributed by atoms with E-state index in [9.17, 15) is 10.1 Å². The van der Waals surface area contributed by atoms with E-state index in [0.29, 0.717) is 12.4 Å². The van der Waals surface area contributed by atoms with Crippen molar-refractivity contribution in [1.82, 2.24) is 9.78 Å². The van der Waals surface area contributed by atoms with E-state index in [1.165, 1.54) is 10.9 Å². The van der Waals surface area contributed by atoms with Gasteiger partial charge in [0, 0.05) is 18.3 Å². The van der Waals surface area contributed by atoms with Crippen LogP contribution in [-0.2, 0) is 7.05 Å². The fourth-order valence-corrected chi connectivity index (χ4v) is 1.32. The number of nitrogens with one attached hydrogen (secondary N) is 1. The molecular formula is C9H16N4O2S. The number of rotatable bonds is 5. The van der Waals surface area contributed by atoms with Crippen molar-refractivity contribution >= 4 is 23.3 Å². The lowest BCUT2D eigenvalue weighted by Crippen LogP contribution is -2.26. The smallest absolute Gasteiger partial charge is 0.330 e. The molecule has 7 heteroatoms. The van der Waals surface area contributed by atoms with Gasteiger partial charge >= 0.3 is 5.69 Å². The fourth-order valence-electron chi connectivity index (χ4n) is 1.10. The zero-order valence-corrected chi connectivity index (χ0v) is 10.7. The van der Waals surface area contributed by atoms with E-state index in [0.717, 1.165) is 0 Å². The van der Waals surface area contributed by atoms with Crippen LogP contribution in [0.2, 0.25) is 0 Å². The van der Waals surface area contributed by atoms with Gasteiger partial charge in [-0.25, -0.2) is 0 Å². The molecule has 0 amide bonds. The average Bonchev–Trinajstić information content (AvgIpc) is 2.57. The van der Waals surface area contributed by atoms with Crippen molar-refractivity contribution < 1.29 is 4.92 Å². The molecule has 0 aromatic carbocycles. The maximum absolute atomic E-state index is 10.7. The Labute approximate surface area is 98.6 Å². The predicted octanol–water partition coefficient (Wildman–Crippen LogP) is 1.88. The Morgan fingerprint density at radius 1 is 1.69 bits per heavy atom. The molecule has 0 saturated carbocycles. The summed E-state index contributed by atoms with van der Waals surface area (Å²) in [6.45, 7) is 4.77. The van der Waals surface area contributed by atoms with E-state index in [1.54, 1.807) is 18.8 Å². The molecule has 1 rings (SSSR count). The molecule has 1 N–H and O–H groups in total. The molecule has 0 radical (unpaired) electrons. The van der Waals surface area contributed by atoms with Gasteiger partial charge in [0.15, 0.2) is 0 Å². The van der Waals surface area contributed by atoms with Gasteiger partial charge < -0.3 is 5.32 Å². The molecule has 0 unspecified atom stereocenters. The summed E-state index contributed by atoms with van der Waals surface area (Å²) in [7, 11) is 1.66. The summed E-state index contributed by atoms with van der Waals surface area (Å²) in [5.41, 5.74) is 0.0133.